The minimum absolute atomic E-state index is 0.928. The zero-order valence-corrected chi connectivity index (χ0v) is 17.5. The first-order chi connectivity index (χ1) is 13.7. The van der Waals surface area contributed by atoms with Gasteiger partial charge in [0.1, 0.15) is 5.03 Å². The lowest BCUT2D eigenvalue weighted by atomic mass is 9.97. The Kier molecular flexibility index (Phi) is 4.77. The highest BCUT2D eigenvalue weighted by molar-refractivity contribution is 7.99. The van der Waals surface area contributed by atoms with Gasteiger partial charge in [0.05, 0.1) is 5.69 Å². The quantitative estimate of drug-likeness (QED) is 0.634. The molecule has 0 spiro atoms. The van der Waals surface area contributed by atoms with E-state index in [0.29, 0.717) is 0 Å². The van der Waals surface area contributed by atoms with Gasteiger partial charge in [0, 0.05) is 60.8 Å². The summed E-state index contributed by atoms with van der Waals surface area (Å²) in [7, 11) is 4.28. The molecule has 3 aromatic rings. The number of benzene rings is 1. The Morgan fingerprint density at radius 1 is 0.929 bits per heavy atom. The summed E-state index contributed by atoms with van der Waals surface area (Å²) in [4.78, 5) is 16.1. The number of piperazine rings is 1. The number of anilines is 1. The number of aryl methyl sites for hydroxylation is 2. The zero-order valence-electron chi connectivity index (χ0n) is 16.7. The Hall–Kier alpha value is -2.05. The van der Waals surface area contributed by atoms with Crippen molar-refractivity contribution >= 4 is 28.6 Å². The van der Waals surface area contributed by atoms with Crippen LogP contribution in [0.4, 0.5) is 5.95 Å². The van der Waals surface area contributed by atoms with Gasteiger partial charge in [-0.05, 0) is 57.0 Å². The van der Waals surface area contributed by atoms with Gasteiger partial charge in [-0.2, -0.15) is 0 Å². The van der Waals surface area contributed by atoms with E-state index in [-0.39, 0.29) is 0 Å². The molecule has 0 amide bonds. The third-order valence-electron chi connectivity index (χ3n) is 5.99. The largest absolute Gasteiger partial charge is 0.351 e. The van der Waals surface area contributed by atoms with Crippen molar-refractivity contribution in [2.75, 3.05) is 38.1 Å². The summed E-state index contributed by atoms with van der Waals surface area (Å²) < 4.78 is 2.17. The van der Waals surface area contributed by atoms with Crippen LogP contribution in [-0.4, -0.2) is 52.7 Å². The summed E-state index contributed by atoms with van der Waals surface area (Å²) in [6.45, 7) is 4.17. The highest BCUT2D eigenvalue weighted by atomic mass is 32.2. The second-order valence-electron chi connectivity index (χ2n) is 8.00. The first-order valence-electron chi connectivity index (χ1n) is 10.2. The molecule has 28 heavy (non-hydrogen) atoms. The molecule has 146 valence electrons. The van der Waals surface area contributed by atoms with Gasteiger partial charge in [-0.1, -0.05) is 11.8 Å². The van der Waals surface area contributed by atoms with Crippen molar-refractivity contribution in [3.8, 4) is 0 Å². The fraction of sp³-hybridized carbons (Fsp3) is 0.455. The molecule has 1 aromatic carbocycles. The van der Waals surface area contributed by atoms with Gasteiger partial charge in [0.25, 0.3) is 0 Å². The summed E-state index contributed by atoms with van der Waals surface area (Å²) in [5.74, 6) is 0.928. The summed E-state index contributed by atoms with van der Waals surface area (Å²) in [5.41, 5.74) is 3.92. The van der Waals surface area contributed by atoms with Crippen LogP contribution in [0.5, 0.6) is 0 Å². The molecule has 5 rings (SSSR count). The van der Waals surface area contributed by atoms with Gasteiger partial charge in [-0.25, -0.2) is 9.97 Å². The Morgan fingerprint density at radius 2 is 1.75 bits per heavy atom. The van der Waals surface area contributed by atoms with E-state index in [2.05, 4.69) is 58.9 Å². The molecule has 0 saturated carbocycles. The molecule has 1 saturated heterocycles. The molecule has 1 fully saturated rings. The lowest BCUT2D eigenvalue weighted by Gasteiger charge is -2.33. The first kappa shape index (κ1) is 18.0. The molecule has 0 unspecified atom stereocenters. The van der Waals surface area contributed by atoms with Crippen LogP contribution in [0.1, 0.15) is 24.1 Å². The Labute approximate surface area is 170 Å². The van der Waals surface area contributed by atoms with Gasteiger partial charge in [0.2, 0.25) is 5.95 Å². The van der Waals surface area contributed by atoms with Crippen LogP contribution in [-0.2, 0) is 19.9 Å². The van der Waals surface area contributed by atoms with Crippen molar-refractivity contribution in [3.05, 3.63) is 41.7 Å². The molecule has 0 atom stereocenters. The molecule has 3 heterocycles. The molecule has 2 aromatic heterocycles. The molecule has 0 N–H and O–H groups in total. The van der Waals surface area contributed by atoms with Crippen LogP contribution >= 0.6 is 11.8 Å². The first-order valence-corrected chi connectivity index (χ1v) is 11.1. The van der Waals surface area contributed by atoms with Gasteiger partial charge >= 0.3 is 0 Å². The Balaban J connectivity index is 1.50. The van der Waals surface area contributed by atoms with E-state index in [1.165, 1.54) is 39.9 Å². The number of aromatic nitrogens is 3. The third-order valence-corrected chi connectivity index (χ3v) is 7.01. The number of rotatable bonds is 3. The van der Waals surface area contributed by atoms with Crippen LogP contribution in [0.2, 0.25) is 0 Å². The molecule has 2 aliphatic rings. The minimum Gasteiger partial charge on any atom is -0.351 e. The number of fused-ring (bicyclic) bond motifs is 2. The average molecular weight is 394 g/mol. The Bertz CT molecular complexity index is 1000. The van der Waals surface area contributed by atoms with Gasteiger partial charge < -0.3 is 14.4 Å². The lowest BCUT2D eigenvalue weighted by Crippen LogP contribution is -2.45. The van der Waals surface area contributed by atoms with E-state index in [1.807, 2.05) is 11.8 Å². The predicted octanol–water partition coefficient (Wildman–Crippen LogP) is 3.75. The maximum Gasteiger partial charge on any atom is 0.226 e. The van der Waals surface area contributed by atoms with Crippen molar-refractivity contribution in [3.63, 3.8) is 0 Å². The molecule has 1 aliphatic heterocycles. The van der Waals surface area contributed by atoms with Crippen LogP contribution in [0.25, 0.3) is 10.9 Å². The van der Waals surface area contributed by atoms with Gasteiger partial charge in [-0.15, -0.1) is 0 Å². The minimum atomic E-state index is 0.928. The van der Waals surface area contributed by atoms with Crippen molar-refractivity contribution in [1.29, 1.82) is 0 Å². The summed E-state index contributed by atoms with van der Waals surface area (Å²) >= 11 is 1.81. The number of likely N-dealkylation sites (N-methyl/N-ethyl adjacent to an activating group) is 1. The maximum absolute atomic E-state index is 5.07. The molecular formula is C22H27N5S. The second kappa shape index (κ2) is 7.41. The normalized spacial score (nSPS) is 17.9. The van der Waals surface area contributed by atoms with Crippen molar-refractivity contribution in [2.45, 2.75) is 35.6 Å². The zero-order chi connectivity index (χ0) is 19.1. The standard InChI is InChI=1S/C22H27N5S/c1-25-11-13-27(14-12-25)22-23-19-6-4-3-5-18(19)21(24-22)28-17-7-8-20-16(15-17)9-10-26(20)2/h7-10,15H,3-6,11-14H2,1-2H3. The van der Waals surface area contributed by atoms with E-state index in [0.717, 1.165) is 50.0 Å². The van der Waals surface area contributed by atoms with E-state index < -0.39 is 0 Å². The molecule has 1 aliphatic carbocycles. The SMILES string of the molecule is CN1CCN(c2nc3c(c(Sc4ccc5c(ccn5C)c4)n2)CCCC3)CC1. The lowest BCUT2D eigenvalue weighted by molar-refractivity contribution is 0.310. The molecule has 6 heteroatoms. The topological polar surface area (TPSA) is 37.2 Å². The van der Waals surface area contributed by atoms with Crippen LogP contribution in [0.15, 0.2) is 40.4 Å². The molecule has 5 nitrogen and oxygen atoms in total. The maximum atomic E-state index is 5.07. The number of hydrogen-bond donors (Lipinski definition) is 0. The smallest absolute Gasteiger partial charge is 0.226 e. The van der Waals surface area contributed by atoms with E-state index >= 15 is 0 Å². The molecular weight excluding hydrogens is 366 g/mol. The highest BCUT2D eigenvalue weighted by Gasteiger charge is 2.23. The average Bonchev–Trinajstić information content (AvgIpc) is 3.09. The van der Waals surface area contributed by atoms with Gasteiger partial charge in [-0.3, -0.25) is 0 Å². The van der Waals surface area contributed by atoms with Crippen LogP contribution in [0.3, 0.4) is 0 Å². The summed E-state index contributed by atoms with van der Waals surface area (Å²) in [5, 5.41) is 2.45. The number of hydrogen-bond acceptors (Lipinski definition) is 5. The van der Waals surface area contributed by atoms with Crippen molar-refractivity contribution in [1.82, 2.24) is 19.4 Å². The third kappa shape index (κ3) is 3.40. The van der Waals surface area contributed by atoms with Crippen molar-refractivity contribution < 1.29 is 0 Å². The van der Waals surface area contributed by atoms with E-state index in [1.54, 1.807) is 0 Å². The van der Waals surface area contributed by atoms with Gasteiger partial charge in [0.15, 0.2) is 0 Å². The highest BCUT2D eigenvalue weighted by Crippen LogP contribution is 2.36. The Morgan fingerprint density at radius 3 is 2.61 bits per heavy atom. The summed E-state index contributed by atoms with van der Waals surface area (Å²) in [6.07, 6.45) is 6.80. The summed E-state index contributed by atoms with van der Waals surface area (Å²) in [6, 6.07) is 8.91. The fourth-order valence-electron chi connectivity index (χ4n) is 4.21. The van der Waals surface area contributed by atoms with E-state index in [9.17, 15) is 0 Å². The van der Waals surface area contributed by atoms with E-state index in [4.69, 9.17) is 9.97 Å². The predicted molar refractivity (Wildman–Crippen MR) is 115 cm³/mol. The fourth-order valence-corrected chi connectivity index (χ4v) is 5.23. The van der Waals surface area contributed by atoms with Crippen LogP contribution < -0.4 is 4.90 Å². The second-order valence-corrected chi connectivity index (χ2v) is 9.06. The molecule has 0 radical (unpaired) electrons. The molecule has 0 bridgehead atoms. The van der Waals surface area contributed by atoms with Crippen LogP contribution in [0, 0.1) is 0 Å². The number of nitrogens with zero attached hydrogens (tertiary/aromatic N) is 5. The monoisotopic (exact) mass is 393 g/mol. The van der Waals surface area contributed by atoms with Crippen molar-refractivity contribution in [2.24, 2.45) is 7.05 Å².